The highest BCUT2D eigenvalue weighted by Gasteiger charge is 2.30. The molecule has 13 nitrogen and oxygen atoms in total. The number of carbonyl (C=O) groups excluding carboxylic acids is 4. The molecule has 190 valence electrons. The highest BCUT2D eigenvalue weighted by molar-refractivity contribution is 5.94. The summed E-state index contributed by atoms with van der Waals surface area (Å²) in [5, 5.41) is 25.7. The third kappa shape index (κ3) is 12.7. The summed E-state index contributed by atoms with van der Waals surface area (Å²) in [7, 11) is 0. The number of hydrogen-bond donors (Lipinski definition) is 8. The second-order valence-electron chi connectivity index (χ2n) is 8.23. The van der Waals surface area contributed by atoms with E-state index in [9.17, 15) is 29.1 Å². The van der Waals surface area contributed by atoms with Gasteiger partial charge in [0.15, 0.2) is 0 Å². The van der Waals surface area contributed by atoms with Gasteiger partial charge >= 0.3 is 5.97 Å². The molecule has 0 aromatic carbocycles. The van der Waals surface area contributed by atoms with Crippen molar-refractivity contribution in [1.82, 2.24) is 16.0 Å². The van der Waals surface area contributed by atoms with Gasteiger partial charge in [0.05, 0.1) is 6.61 Å². The third-order valence-electron chi connectivity index (χ3n) is 4.75. The SMILES string of the molecule is CC(C)C[C@H](NC(=O)[C@H](CCC(N)=O)NC(=O)[C@@H](N)CO)C(=O)N[C@@H](CCCCN)C(=O)O. The van der Waals surface area contributed by atoms with E-state index in [0.29, 0.717) is 19.4 Å². The van der Waals surface area contributed by atoms with E-state index < -0.39 is 60.4 Å². The molecule has 0 rings (SSSR count). The summed E-state index contributed by atoms with van der Waals surface area (Å²) in [6.45, 7) is 3.36. The highest BCUT2D eigenvalue weighted by atomic mass is 16.4. The van der Waals surface area contributed by atoms with Gasteiger partial charge in [0.25, 0.3) is 0 Å². The van der Waals surface area contributed by atoms with Crippen LogP contribution in [0.15, 0.2) is 0 Å². The van der Waals surface area contributed by atoms with E-state index in [0.717, 1.165) is 0 Å². The van der Waals surface area contributed by atoms with Crippen LogP contribution in [-0.4, -0.2) is 77.1 Å². The Morgan fingerprint density at radius 3 is 1.88 bits per heavy atom. The van der Waals surface area contributed by atoms with Gasteiger partial charge in [-0.3, -0.25) is 19.2 Å². The van der Waals surface area contributed by atoms with Crippen LogP contribution in [0.2, 0.25) is 0 Å². The summed E-state index contributed by atoms with van der Waals surface area (Å²) in [6.07, 6.45) is 1.09. The molecule has 0 radical (unpaired) electrons. The average molecular weight is 475 g/mol. The fourth-order valence-electron chi connectivity index (χ4n) is 2.91. The molecule has 33 heavy (non-hydrogen) atoms. The average Bonchev–Trinajstić information content (AvgIpc) is 2.73. The van der Waals surface area contributed by atoms with Crippen molar-refractivity contribution >= 4 is 29.6 Å². The molecule has 0 aliphatic rings. The van der Waals surface area contributed by atoms with Gasteiger partial charge in [0.2, 0.25) is 23.6 Å². The summed E-state index contributed by atoms with van der Waals surface area (Å²) >= 11 is 0. The molecule has 4 atom stereocenters. The number of carbonyl (C=O) groups is 5. The van der Waals surface area contributed by atoms with Crippen molar-refractivity contribution in [2.24, 2.45) is 23.1 Å². The van der Waals surface area contributed by atoms with Crippen LogP contribution in [0.25, 0.3) is 0 Å². The van der Waals surface area contributed by atoms with Crippen molar-refractivity contribution in [2.75, 3.05) is 13.2 Å². The summed E-state index contributed by atoms with van der Waals surface area (Å²) in [4.78, 5) is 60.3. The number of primary amides is 1. The molecule has 0 bridgehead atoms. The van der Waals surface area contributed by atoms with Crippen LogP contribution in [0.3, 0.4) is 0 Å². The van der Waals surface area contributed by atoms with E-state index in [-0.39, 0.29) is 31.6 Å². The van der Waals surface area contributed by atoms with Crippen LogP contribution < -0.4 is 33.2 Å². The first-order chi connectivity index (χ1) is 15.4. The van der Waals surface area contributed by atoms with Gasteiger partial charge in [-0.15, -0.1) is 0 Å². The topological polar surface area (TPSA) is 240 Å². The minimum absolute atomic E-state index is 0.0389. The summed E-state index contributed by atoms with van der Waals surface area (Å²) in [6, 6.07) is -4.77. The number of carboxylic acid groups (broad SMARTS) is 1. The Hall–Kier alpha value is -2.77. The second kappa shape index (κ2) is 15.9. The number of unbranched alkanes of at least 4 members (excludes halogenated alkanes) is 1. The van der Waals surface area contributed by atoms with Gasteiger partial charge in [0.1, 0.15) is 24.2 Å². The number of rotatable bonds is 17. The molecule has 0 aliphatic carbocycles. The second-order valence-corrected chi connectivity index (χ2v) is 8.23. The van der Waals surface area contributed by atoms with Crippen LogP contribution >= 0.6 is 0 Å². The Morgan fingerprint density at radius 1 is 0.848 bits per heavy atom. The minimum Gasteiger partial charge on any atom is -0.480 e. The van der Waals surface area contributed by atoms with Crippen LogP contribution in [-0.2, 0) is 24.0 Å². The van der Waals surface area contributed by atoms with E-state index in [1.54, 1.807) is 0 Å². The van der Waals surface area contributed by atoms with Gasteiger partial charge in [0, 0.05) is 6.42 Å². The van der Waals surface area contributed by atoms with Crippen molar-refractivity contribution in [3.8, 4) is 0 Å². The van der Waals surface area contributed by atoms with E-state index in [2.05, 4.69) is 16.0 Å². The zero-order chi connectivity index (χ0) is 25.6. The zero-order valence-corrected chi connectivity index (χ0v) is 19.2. The Morgan fingerprint density at radius 2 is 1.39 bits per heavy atom. The lowest BCUT2D eigenvalue weighted by atomic mass is 10.0. The first-order valence-electron chi connectivity index (χ1n) is 10.9. The number of aliphatic hydroxyl groups excluding tert-OH is 1. The summed E-state index contributed by atoms with van der Waals surface area (Å²) < 4.78 is 0. The summed E-state index contributed by atoms with van der Waals surface area (Å²) in [5.74, 6) is -4.23. The Labute approximate surface area is 193 Å². The number of nitrogens with one attached hydrogen (secondary N) is 3. The normalized spacial score (nSPS) is 14.6. The lowest BCUT2D eigenvalue weighted by Crippen LogP contribution is -2.57. The van der Waals surface area contributed by atoms with E-state index in [1.165, 1.54) is 0 Å². The number of aliphatic hydroxyl groups is 1. The highest BCUT2D eigenvalue weighted by Crippen LogP contribution is 2.09. The number of carboxylic acids is 1. The van der Waals surface area contributed by atoms with Gasteiger partial charge in [-0.05, 0) is 44.6 Å². The predicted octanol–water partition coefficient (Wildman–Crippen LogP) is -2.71. The van der Waals surface area contributed by atoms with Gasteiger partial charge in [-0.25, -0.2) is 4.79 Å². The van der Waals surface area contributed by atoms with Crippen molar-refractivity contribution in [1.29, 1.82) is 0 Å². The van der Waals surface area contributed by atoms with Crippen molar-refractivity contribution < 1.29 is 34.2 Å². The molecule has 0 heterocycles. The Kier molecular flexibility index (Phi) is 14.6. The lowest BCUT2D eigenvalue weighted by molar-refractivity contribution is -0.142. The van der Waals surface area contributed by atoms with Crippen molar-refractivity contribution in [3.63, 3.8) is 0 Å². The fourth-order valence-corrected chi connectivity index (χ4v) is 2.91. The molecule has 0 unspecified atom stereocenters. The predicted molar refractivity (Wildman–Crippen MR) is 119 cm³/mol. The van der Waals surface area contributed by atoms with E-state index in [1.807, 2.05) is 13.8 Å². The Bertz CT molecular complexity index is 673. The molecule has 0 aromatic rings. The largest absolute Gasteiger partial charge is 0.480 e. The maximum absolute atomic E-state index is 12.8. The molecule has 0 aromatic heterocycles. The summed E-state index contributed by atoms with van der Waals surface area (Å²) in [5.41, 5.74) is 16.0. The standard InChI is InChI=1S/C20H38N6O7/c1-11(2)9-15(19(31)25-14(20(32)33)5-3-4-8-21)26-18(30)13(6-7-16(23)28)24-17(29)12(22)10-27/h11-15,27H,3-10,21-22H2,1-2H3,(H2,23,28)(H,24,29)(H,25,31)(H,26,30)(H,32,33)/t12-,13-,14-,15-/m0/s1. The van der Waals surface area contributed by atoms with E-state index in [4.69, 9.17) is 22.3 Å². The lowest BCUT2D eigenvalue weighted by Gasteiger charge is -2.26. The number of nitrogens with two attached hydrogens (primary N) is 3. The molecule has 13 heteroatoms. The van der Waals surface area contributed by atoms with Crippen molar-refractivity contribution in [2.45, 2.75) is 76.5 Å². The molecular weight excluding hydrogens is 436 g/mol. The zero-order valence-electron chi connectivity index (χ0n) is 19.2. The fraction of sp³-hybridized carbons (Fsp3) is 0.750. The van der Waals surface area contributed by atoms with E-state index >= 15 is 0 Å². The smallest absolute Gasteiger partial charge is 0.326 e. The quantitative estimate of drug-likeness (QED) is 0.102. The number of aliphatic carboxylic acids is 1. The van der Waals surface area contributed by atoms with Crippen LogP contribution in [0.5, 0.6) is 0 Å². The molecule has 0 aliphatic heterocycles. The molecule has 0 saturated heterocycles. The molecule has 0 fully saturated rings. The minimum atomic E-state index is -1.28. The molecule has 4 amide bonds. The molecule has 0 spiro atoms. The third-order valence-corrected chi connectivity index (χ3v) is 4.75. The van der Waals surface area contributed by atoms with Gasteiger partial charge in [-0.2, -0.15) is 0 Å². The first kappa shape index (κ1) is 30.2. The number of hydrogen-bond acceptors (Lipinski definition) is 8. The Balaban J connectivity index is 5.45. The first-order valence-corrected chi connectivity index (χ1v) is 10.9. The maximum atomic E-state index is 12.8. The van der Waals surface area contributed by atoms with Gasteiger partial charge < -0.3 is 43.4 Å². The van der Waals surface area contributed by atoms with Crippen LogP contribution in [0.1, 0.15) is 52.4 Å². The monoisotopic (exact) mass is 474 g/mol. The van der Waals surface area contributed by atoms with Gasteiger partial charge in [-0.1, -0.05) is 13.8 Å². The van der Waals surface area contributed by atoms with Crippen molar-refractivity contribution in [3.05, 3.63) is 0 Å². The van der Waals surface area contributed by atoms with Crippen LogP contribution in [0, 0.1) is 5.92 Å². The molecule has 0 saturated carbocycles. The molecule has 11 N–H and O–H groups in total. The number of amides is 4. The maximum Gasteiger partial charge on any atom is 0.326 e. The molecular formula is C20H38N6O7. The van der Waals surface area contributed by atoms with Crippen LogP contribution in [0.4, 0.5) is 0 Å².